The van der Waals surface area contributed by atoms with Crippen LogP contribution in [-0.4, -0.2) is 4.87 Å². The van der Waals surface area contributed by atoms with Crippen molar-refractivity contribution in [2.45, 2.75) is 4.87 Å². The maximum atomic E-state index is 8.73. The van der Waals surface area contributed by atoms with Crippen LogP contribution in [0.5, 0.6) is 0 Å². The second-order valence-corrected chi connectivity index (χ2v) is 3.33. The SMILES string of the molecule is N#CC1C=CC=C(Cl)C1(Cl)C#N. The summed E-state index contributed by atoms with van der Waals surface area (Å²) < 4.78 is 0. The van der Waals surface area contributed by atoms with Gasteiger partial charge in [0.05, 0.1) is 17.2 Å². The van der Waals surface area contributed by atoms with Crippen LogP contribution in [0, 0.1) is 28.6 Å². The van der Waals surface area contributed by atoms with Crippen molar-refractivity contribution >= 4 is 23.2 Å². The Morgan fingerprint density at radius 2 is 2.17 bits per heavy atom. The Hall–Kier alpha value is -0.960. The molecule has 1 aliphatic rings. The van der Waals surface area contributed by atoms with E-state index in [1.54, 1.807) is 12.2 Å². The molecule has 0 aromatic heterocycles. The molecular formula is C8H4Cl2N2. The van der Waals surface area contributed by atoms with Crippen LogP contribution in [0.15, 0.2) is 23.3 Å². The topological polar surface area (TPSA) is 47.6 Å². The Labute approximate surface area is 80.3 Å². The average Bonchev–Trinajstić information content (AvgIpc) is 2.10. The summed E-state index contributed by atoms with van der Waals surface area (Å²) in [7, 11) is 0. The molecule has 0 saturated carbocycles. The molecule has 0 spiro atoms. The van der Waals surface area contributed by atoms with E-state index in [4.69, 9.17) is 33.7 Å². The normalized spacial score (nSPS) is 33.3. The lowest BCUT2D eigenvalue weighted by Gasteiger charge is -2.23. The van der Waals surface area contributed by atoms with Gasteiger partial charge in [0.15, 0.2) is 4.87 Å². The monoisotopic (exact) mass is 198 g/mol. The highest BCUT2D eigenvalue weighted by Gasteiger charge is 2.40. The van der Waals surface area contributed by atoms with Crippen molar-refractivity contribution in [2.24, 2.45) is 5.92 Å². The zero-order chi connectivity index (χ0) is 9.19. The molecular weight excluding hydrogens is 195 g/mol. The van der Waals surface area contributed by atoms with Crippen LogP contribution in [0.1, 0.15) is 0 Å². The standard InChI is InChI=1S/C8H4Cl2N2/c9-7-3-1-2-6(4-11)8(7,10)5-12/h1-3,6H. The van der Waals surface area contributed by atoms with Crippen LogP contribution in [0.25, 0.3) is 0 Å². The summed E-state index contributed by atoms with van der Waals surface area (Å²) >= 11 is 11.5. The number of nitriles is 2. The van der Waals surface area contributed by atoms with Gasteiger partial charge in [0.2, 0.25) is 0 Å². The summed E-state index contributed by atoms with van der Waals surface area (Å²) in [6, 6.07) is 3.73. The number of hydrogen-bond donors (Lipinski definition) is 0. The number of rotatable bonds is 0. The van der Waals surface area contributed by atoms with Crippen molar-refractivity contribution in [3.8, 4) is 12.1 Å². The maximum absolute atomic E-state index is 8.73. The van der Waals surface area contributed by atoms with E-state index in [0.29, 0.717) is 0 Å². The fraction of sp³-hybridized carbons (Fsp3) is 0.250. The Morgan fingerprint density at radius 3 is 2.58 bits per heavy atom. The molecule has 0 aromatic rings. The van der Waals surface area contributed by atoms with Gasteiger partial charge in [-0.05, 0) is 6.08 Å². The second-order valence-electron chi connectivity index (χ2n) is 2.33. The first kappa shape index (κ1) is 9.13. The molecule has 2 unspecified atom stereocenters. The average molecular weight is 199 g/mol. The van der Waals surface area contributed by atoms with Gasteiger partial charge in [-0.25, -0.2) is 0 Å². The highest BCUT2D eigenvalue weighted by molar-refractivity contribution is 6.41. The van der Waals surface area contributed by atoms with Crippen molar-refractivity contribution in [3.63, 3.8) is 0 Å². The lowest BCUT2D eigenvalue weighted by molar-refractivity contribution is 0.719. The first-order valence-electron chi connectivity index (χ1n) is 3.19. The summed E-state index contributed by atoms with van der Waals surface area (Å²) in [5.74, 6) is -0.679. The maximum Gasteiger partial charge on any atom is 0.185 e. The van der Waals surface area contributed by atoms with Gasteiger partial charge in [0, 0.05) is 0 Å². The zero-order valence-electron chi connectivity index (χ0n) is 5.96. The minimum absolute atomic E-state index is 0.195. The molecule has 0 amide bonds. The second kappa shape index (κ2) is 3.19. The van der Waals surface area contributed by atoms with E-state index in [0.717, 1.165) is 0 Å². The summed E-state index contributed by atoms with van der Waals surface area (Å²) in [5.41, 5.74) is 0. The van der Waals surface area contributed by atoms with Crippen LogP contribution < -0.4 is 0 Å². The lowest BCUT2D eigenvalue weighted by atomic mass is 9.90. The summed E-state index contributed by atoms with van der Waals surface area (Å²) in [6.45, 7) is 0. The van der Waals surface area contributed by atoms with Gasteiger partial charge in [-0.15, -0.1) is 0 Å². The molecule has 12 heavy (non-hydrogen) atoms. The number of allylic oxidation sites excluding steroid dienone is 4. The van der Waals surface area contributed by atoms with E-state index < -0.39 is 10.8 Å². The minimum Gasteiger partial charge on any atom is -0.198 e. The van der Waals surface area contributed by atoms with Gasteiger partial charge in [-0.3, -0.25) is 0 Å². The fourth-order valence-corrected chi connectivity index (χ4v) is 1.33. The summed E-state index contributed by atoms with van der Waals surface area (Å²) in [4.78, 5) is -1.40. The van der Waals surface area contributed by atoms with Crippen molar-refractivity contribution in [3.05, 3.63) is 23.3 Å². The van der Waals surface area contributed by atoms with E-state index in [1.165, 1.54) is 6.08 Å². The van der Waals surface area contributed by atoms with E-state index >= 15 is 0 Å². The number of hydrogen-bond acceptors (Lipinski definition) is 2. The van der Waals surface area contributed by atoms with Crippen LogP contribution in [-0.2, 0) is 0 Å². The van der Waals surface area contributed by atoms with E-state index in [1.807, 2.05) is 12.1 Å². The molecule has 0 N–H and O–H groups in total. The van der Waals surface area contributed by atoms with Crippen molar-refractivity contribution in [2.75, 3.05) is 0 Å². The van der Waals surface area contributed by atoms with Gasteiger partial charge >= 0.3 is 0 Å². The third kappa shape index (κ3) is 1.20. The molecule has 0 fully saturated rings. The highest BCUT2D eigenvalue weighted by Crippen LogP contribution is 2.38. The Morgan fingerprint density at radius 1 is 1.50 bits per heavy atom. The predicted molar refractivity (Wildman–Crippen MR) is 46.4 cm³/mol. The predicted octanol–water partition coefficient (Wildman–Crippen LogP) is 2.32. The molecule has 60 valence electrons. The molecule has 0 bridgehead atoms. The number of halogens is 2. The zero-order valence-corrected chi connectivity index (χ0v) is 7.47. The summed E-state index contributed by atoms with van der Waals surface area (Å²) in [5, 5.41) is 17.6. The fourth-order valence-electron chi connectivity index (χ4n) is 0.908. The largest absolute Gasteiger partial charge is 0.198 e. The molecule has 0 radical (unpaired) electrons. The smallest absolute Gasteiger partial charge is 0.185 e. The van der Waals surface area contributed by atoms with E-state index in [2.05, 4.69) is 0 Å². The van der Waals surface area contributed by atoms with Crippen LogP contribution in [0.4, 0.5) is 0 Å². The third-order valence-electron chi connectivity index (χ3n) is 1.62. The molecule has 0 saturated heterocycles. The van der Waals surface area contributed by atoms with Gasteiger partial charge < -0.3 is 0 Å². The van der Waals surface area contributed by atoms with Gasteiger partial charge in [0.25, 0.3) is 0 Å². The highest BCUT2D eigenvalue weighted by atomic mass is 35.5. The Balaban J connectivity index is 3.15. The quantitative estimate of drug-likeness (QED) is 0.562. The molecule has 0 aromatic carbocycles. The molecule has 1 aliphatic carbocycles. The van der Waals surface area contributed by atoms with Gasteiger partial charge in [0.1, 0.15) is 5.92 Å². The third-order valence-corrected chi connectivity index (χ3v) is 2.67. The van der Waals surface area contributed by atoms with Crippen molar-refractivity contribution in [1.29, 1.82) is 10.5 Å². The molecule has 2 nitrogen and oxygen atoms in total. The van der Waals surface area contributed by atoms with E-state index in [9.17, 15) is 0 Å². The molecule has 2 atom stereocenters. The van der Waals surface area contributed by atoms with Crippen LogP contribution in [0.2, 0.25) is 0 Å². The molecule has 4 heteroatoms. The van der Waals surface area contributed by atoms with Crippen LogP contribution in [0.3, 0.4) is 0 Å². The number of nitrogens with zero attached hydrogens (tertiary/aromatic N) is 2. The Bertz CT molecular complexity index is 332. The first-order valence-corrected chi connectivity index (χ1v) is 3.95. The van der Waals surface area contributed by atoms with Crippen molar-refractivity contribution in [1.82, 2.24) is 0 Å². The lowest BCUT2D eigenvalue weighted by Crippen LogP contribution is -2.30. The van der Waals surface area contributed by atoms with Gasteiger partial charge in [-0.2, -0.15) is 10.5 Å². The summed E-state index contributed by atoms with van der Waals surface area (Å²) in [6.07, 6.45) is 4.70. The number of alkyl halides is 1. The molecule has 0 heterocycles. The Kier molecular flexibility index (Phi) is 2.43. The molecule has 0 aliphatic heterocycles. The first-order chi connectivity index (χ1) is 5.65. The molecule has 1 rings (SSSR count). The minimum atomic E-state index is -1.40. The van der Waals surface area contributed by atoms with Crippen molar-refractivity contribution < 1.29 is 0 Å². The van der Waals surface area contributed by atoms with Crippen LogP contribution >= 0.6 is 23.2 Å². The van der Waals surface area contributed by atoms with Gasteiger partial charge in [-0.1, -0.05) is 35.4 Å². The van der Waals surface area contributed by atoms with E-state index in [-0.39, 0.29) is 5.03 Å².